The first-order valence-electron chi connectivity index (χ1n) is 5.56. The maximum absolute atomic E-state index is 9.51. The molecule has 2 heterocycles. The van der Waals surface area contributed by atoms with Crippen molar-refractivity contribution in [2.24, 2.45) is 0 Å². The molecule has 0 aromatic carbocycles. The second-order valence-corrected chi connectivity index (χ2v) is 5.66. The molecule has 17 heavy (non-hydrogen) atoms. The first-order valence-corrected chi connectivity index (χ1v) is 7.01. The van der Waals surface area contributed by atoms with Crippen LogP contribution in [0, 0.1) is 3.57 Å². The number of hydrogen-bond acceptors (Lipinski definition) is 4. The Labute approximate surface area is 120 Å². The molecule has 1 aliphatic rings. The number of aliphatic hydroxyl groups is 1. The van der Waals surface area contributed by atoms with E-state index >= 15 is 0 Å². The summed E-state index contributed by atoms with van der Waals surface area (Å²) < 4.78 is 1.11. The summed E-state index contributed by atoms with van der Waals surface area (Å²) in [5, 5.41) is 10.0. The molecule has 0 saturated carbocycles. The third kappa shape index (κ3) is 3.21. The van der Waals surface area contributed by atoms with Crippen LogP contribution in [0.25, 0.3) is 0 Å². The molecule has 0 amide bonds. The topological polar surface area (TPSA) is 39.6 Å². The Morgan fingerprint density at radius 3 is 2.65 bits per heavy atom. The smallest absolute Gasteiger partial charge is 0.131 e. The highest BCUT2D eigenvalue weighted by atomic mass is 127. The van der Waals surface area contributed by atoms with E-state index in [2.05, 4.69) is 37.4 Å². The molecule has 1 fully saturated rings. The fourth-order valence-corrected chi connectivity index (χ4v) is 2.77. The van der Waals surface area contributed by atoms with Crippen molar-refractivity contribution in [1.29, 1.82) is 0 Å². The van der Waals surface area contributed by atoms with Gasteiger partial charge in [-0.3, -0.25) is 4.90 Å². The van der Waals surface area contributed by atoms with Gasteiger partial charge in [0.2, 0.25) is 0 Å². The molecule has 1 aliphatic heterocycles. The van der Waals surface area contributed by atoms with E-state index in [-0.39, 0.29) is 6.23 Å². The average Bonchev–Trinajstić information content (AvgIpc) is 2.32. The van der Waals surface area contributed by atoms with Gasteiger partial charge < -0.3 is 10.0 Å². The van der Waals surface area contributed by atoms with E-state index in [1.54, 1.807) is 6.20 Å². The van der Waals surface area contributed by atoms with Gasteiger partial charge in [-0.05, 0) is 35.6 Å². The summed E-state index contributed by atoms with van der Waals surface area (Å²) in [4.78, 5) is 8.41. The highest BCUT2D eigenvalue weighted by molar-refractivity contribution is 14.1. The summed E-state index contributed by atoms with van der Waals surface area (Å²) in [6.07, 6.45) is 1.43. The van der Waals surface area contributed by atoms with E-state index in [4.69, 9.17) is 11.6 Å². The molecule has 4 nitrogen and oxygen atoms in total. The van der Waals surface area contributed by atoms with Gasteiger partial charge in [0.25, 0.3) is 0 Å². The Morgan fingerprint density at radius 2 is 2.06 bits per heavy atom. The molecule has 0 aliphatic carbocycles. The summed E-state index contributed by atoms with van der Waals surface area (Å²) >= 11 is 8.20. The summed E-state index contributed by atoms with van der Waals surface area (Å²) in [6.45, 7) is 5.35. The van der Waals surface area contributed by atoms with Crippen LogP contribution >= 0.6 is 34.2 Å². The zero-order valence-electron chi connectivity index (χ0n) is 9.61. The van der Waals surface area contributed by atoms with Crippen LogP contribution in [0.4, 0.5) is 5.69 Å². The number of hydrogen-bond donors (Lipinski definition) is 1. The zero-order valence-corrected chi connectivity index (χ0v) is 12.5. The lowest BCUT2D eigenvalue weighted by atomic mass is 10.2. The minimum atomic E-state index is -0.364. The Balaban J connectivity index is 2.07. The molecule has 1 unspecified atom stereocenters. The van der Waals surface area contributed by atoms with Crippen LogP contribution in [0.2, 0.25) is 5.15 Å². The molecule has 6 heteroatoms. The lowest BCUT2D eigenvalue weighted by Crippen LogP contribution is -2.49. The second-order valence-electron chi connectivity index (χ2n) is 4.11. The maximum atomic E-state index is 9.51. The molecule has 94 valence electrons. The van der Waals surface area contributed by atoms with E-state index in [1.165, 1.54) is 0 Å². The third-order valence-electron chi connectivity index (χ3n) is 2.99. The maximum Gasteiger partial charge on any atom is 0.131 e. The van der Waals surface area contributed by atoms with Gasteiger partial charge in [0.1, 0.15) is 11.4 Å². The third-order valence-corrected chi connectivity index (χ3v) is 4.02. The number of nitrogens with zero attached hydrogens (tertiary/aromatic N) is 3. The summed E-state index contributed by atoms with van der Waals surface area (Å²) in [5.41, 5.74) is 1.14. The van der Waals surface area contributed by atoms with E-state index in [1.807, 2.05) is 13.0 Å². The first kappa shape index (κ1) is 13.3. The SMILES string of the molecule is CC(O)N1CCN(c2cc(Cl)ncc2I)CC1. The molecule has 0 bridgehead atoms. The van der Waals surface area contributed by atoms with Crippen molar-refractivity contribution < 1.29 is 5.11 Å². The quantitative estimate of drug-likeness (QED) is 0.639. The fourth-order valence-electron chi connectivity index (χ4n) is 1.98. The predicted molar refractivity (Wildman–Crippen MR) is 77.4 cm³/mol. The van der Waals surface area contributed by atoms with E-state index in [9.17, 15) is 5.11 Å². The van der Waals surface area contributed by atoms with Gasteiger partial charge in [0.15, 0.2) is 0 Å². The Hall–Kier alpha value is -0.110. The van der Waals surface area contributed by atoms with Crippen LogP contribution in [-0.4, -0.2) is 47.4 Å². The van der Waals surface area contributed by atoms with Gasteiger partial charge in [-0.2, -0.15) is 0 Å². The van der Waals surface area contributed by atoms with Crippen LogP contribution in [0.3, 0.4) is 0 Å². The summed E-state index contributed by atoms with van der Waals surface area (Å²) in [5.74, 6) is 0. The Kier molecular flexibility index (Phi) is 4.46. The van der Waals surface area contributed by atoms with Crippen LogP contribution in [0.1, 0.15) is 6.92 Å². The lowest BCUT2D eigenvalue weighted by molar-refractivity contribution is 0.0153. The van der Waals surface area contributed by atoms with Crippen molar-refractivity contribution in [3.63, 3.8) is 0 Å². The van der Waals surface area contributed by atoms with Gasteiger partial charge in [-0.15, -0.1) is 0 Å². The summed E-state index contributed by atoms with van der Waals surface area (Å²) in [7, 11) is 0. The van der Waals surface area contributed by atoms with Crippen molar-refractivity contribution in [3.8, 4) is 0 Å². The molecule has 1 saturated heterocycles. The van der Waals surface area contributed by atoms with Gasteiger partial charge in [-0.1, -0.05) is 11.6 Å². The Bertz CT molecular complexity index is 394. The molecule has 1 aromatic rings. The van der Waals surface area contributed by atoms with Crippen LogP contribution in [-0.2, 0) is 0 Å². The van der Waals surface area contributed by atoms with Crippen molar-refractivity contribution in [2.45, 2.75) is 13.2 Å². The molecular weight excluding hydrogens is 352 g/mol. The largest absolute Gasteiger partial charge is 0.379 e. The predicted octanol–water partition coefficient (Wildman–Crippen LogP) is 1.80. The fraction of sp³-hybridized carbons (Fsp3) is 0.545. The van der Waals surface area contributed by atoms with Crippen LogP contribution in [0.15, 0.2) is 12.3 Å². The normalized spacial score (nSPS) is 19.4. The molecule has 1 aromatic heterocycles. The van der Waals surface area contributed by atoms with Crippen LogP contribution in [0.5, 0.6) is 0 Å². The number of anilines is 1. The number of piperazine rings is 1. The van der Waals surface area contributed by atoms with Crippen molar-refractivity contribution >= 4 is 39.9 Å². The van der Waals surface area contributed by atoms with Gasteiger partial charge in [0.05, 0.1) is 9.26 Å². The van der Waals surface area contributed by atoms with E-state index in [0.717, 1.165) is 35.4 Å². The number of halogens is 2. The average molecular weight is 368 g/mol. The van der Waals surface area contributed by atoms with Gasteiger partial charge in [0, 0.05) is 32.4 Å². The van der Waals surface area contributed by atoms with E-state index in [0.29, 0.717) is 5.15 Å². The number of pyridine rings is 1. The Morgan fingerprint density at radius 1 is 1.41 bits per heavy atom. The molecule has 1 atom stereocenters. The van der Waals surface area contributed by atoms with Crippen molar-refractivity contribution in [2.75, 3.05) is 31.1 Å². The monoisotopic (exact) mass is 367 g/mol. The van der Waals surface area contributed by atoms with Gasteiger partial charge >= 0.3 is 0 Å². The molecule has 1 N–H and O–H groups in total. The zero-order chi connectivity index (χ0) is 12.4. The van der Waals surface area contributed by atoms with E-state index < -0.39 is 0 Å². The highest BCUT2D eigenvalue weighted by Gasteiger charge is 2.21. The van der Waals surface area contributed by atoms with Crippen LogP contribution < -0.4 is 4.90 Å². The molecule has 0 radical (unpaired) electrons. The minimum Gasteiger partial charge on any atom is -0.379 e. The number of aliphatic hydroxyl groups excluding tert-OH is 1. The molecule has 0 spiro atoms. The minimum absolute atomic E-state index is 0.364. The first-order chi connectivity index (χ1) is 8.08. The highest BCUT2D eigenvalue weighted by Crippen LogP contribution is 2.25. The molecular formula is C11H15ClIN3O. The summed E-state index contributed by atoms with van der Waals surface area (Å²) in [6, 6.07) is 1.90. The standard InChI is InChI=1S/C11H15ClIN3O/c1-8(17)15-2-4-16(5-3-15)10-6-11(12)14-7-9(10)13/h6-8,17H,2-5H2,1H3. The van der Waals surface area contributed by atoms with Crippen molar-refractivity contribution in [1.82, 2.24) is 9.88 Å². The number of aromatic nitrogens is 1. The lowest BCUT2D eigenvalue weighted by Gasteiger charge is -2.37. The van der Waals surface area contributed by atoms with Crippen molar-refractivity contribution in [3.05, 3.63) is 21.0 Å². The van der Waals surface area contributed by atoms with Gasteiger partial charge in [-0.25, -0.2) is 4.98 Å². The number of rotatable bonds is 2. The second kappa shape index (κ2) is 5.69. The molecule has 2 rings (SSSR count).